The van der Waals surface area contributed by atoms with Gasteiger partial charge in [0, 0.05) is 12.1 Å². The van der Waals surface area contributed by atoms with Crippen LogP contribution < -0.4 is 10.4 Å². The molecular weight excluding hydrogens is 254 g/mol. The third-order valence-electron chi connectivity index (χ3n) is 2.85. The Balaban J connectivity index is 2.02. The quantitative estimate of drug-likeness (QED) is 0.715. The predicted octanol–water partition coefficient (Wildman–Crippen LogP) is 0.0341. The second-order valence-corrected chi connectivity index (χ2v) is 5.50. The number of aliphatic carboxylic acids is 1. The number of amidine groups is 1. The SMILES string of the molecule is O=C1C[C@H](C(=O)[O-])S/C(=N/N=C2CCCCC2)N1. The van der Waals surface area contributed by atoms with Gasteiger partial charge >= 0.3 is 0 Å². The lowest BCUT2D eigenvalue weighted by molar-refractivity contribution is -0.304. The van der Waals surface area contributed by atoms with Crippen molar-refractivity contribution in [2.24, 2.45) is 10.2 Å². The lowest BCUT2D eigenvalue weighted by Crippen LogP contribution is -2.44. The van der Waals surface area contributed by atoms with Gasteiger partial charge in [-0.25, -0.2) is 0 Å². The smallest absolute Gasteiger partial charge is 0.227 e. The summed E-state index contributed by atoms with van der Waals surface area (Å²) in [6, 6.07) is 0. The number of carboxylic acids is 1. The molecule has 7 heteroatoms. The zero-order valence-electron chi connectivity index (χ0n) is 9.85. The molecule has 0 spiro atoms. The van der Waals surface area contributed by atoms with Gasteiger partial charge in [0.25, 0.3) is 0 Å². The standard InChI is InChI=1S/C11H15N3O3S/c15-9-6-8(10(16)17)18-11(12-9)14-13-7-4-2-1-3-5-7/h8H,1-6H2,(H,16,17)(H,12,14,15)/p-1/t8-/m1/s1. The van der Waals surface area contributed by atoms with Gasteiger partial charge < -0.3 is 15.2 Å². The maximum atomic E-state index is 11.3. The molecule has 0 bridgehead atoms. The highest BCUT2D eigenvalue weighted by Gasteiger charge is 2.25. The molecule has 1 N–H and O–H groups in total. The summed E-state index contributed by atoms with van der Waals surface area (Å²) in [4.78, 5) is 22.0. The zero-order chi connectivity index (χ0) is 13.0. The first-order chi connectivity index (χ1) is 8.65. The fraction of sp³-hybridized carbons (Fsp3) is 0.636. The van der Waals surface area contributed by atoms with Gasteiger partial charge in [-0.2, -0.15) is 5.10 Å². The summed E-state index contributed by atoms with van der Waals surface area (Å²) in [5.74, 6) is -1.60. The zero-order valence-corrected chi connectivity index (χ0v) is 10.7. The number of hydrogen-bond acceptors (Lipinski definition) is 6. The number of carbonyl (C=O) groups is 2. The molecule has 0 radical (unpaired) electrons. The molecule has 0 unspecified atom stereocenters. The molecule has 6 nitrogen and oxygen atoms in total. The molecule has 2 rings (SSSR count). The lowest BCUT2D eigenvalue weighted by Gasteiger charge is -2.22. The van der Waals surface area contributed by atoms with Crippen molar-refractivity contribution in [1.29, 1.82) is 0 Å². The number of carboxylic acid groups (broad SMARTS) is 1. The number of thioether (sulfide) groups is 1. The van der Waals surface area contributed by atoms with Crippen LogP contribution >= 0.6 is 11.8 Å². The Hall–Kier alpha value is -1.37. The van der Waals surface area contributed by atoms with Crippen LogP contribution in [0.1, 0.15) is 38.5 Å². The second kappa shape index (κ2) is 5.99. The van der Waals surface area contributed by atoms with E-state index in [2.05, 4.69) is 15.5 Å². The molecule has 0 aromatic carbocycles. The summed E-state index contributed by atoms with van der Waals surface area (Å²) in [7, 11) is 0. The van der Waals surface area contributed by atoms with E-state index in [1.807, 2.05) is 0 Å². The normalized spacial score (nSPS) is 26.9. The molecule has 1 heterocycles. The summed E-state index contributed by atoms with van der Waals surface area (Å²) in [6.07, 6.45) is 5.23. The Bertz CT molecular complexity index is 412. The van der Waals surface area contributed by atoms with Crippen molar-refractivity contribution < 1.29 is 14.7 Å². The van der Waals surface area contributed by atoms with E-state index in [1.54, 1.807) is 0 Å². The van der Waals surface area contributed by atoms with Crippen molar-refractivity contribution in [3.8, 4) is 0 Å². The van der Waals surface area contributed by atoms with Crippen LogP contribution in [0.3, 0.4) is 0 Å². The highest BCUT2D eigenvalue weighted by Crippen LogP contribution is 2.20. The molecule has 1 atom stereocenters. The fourth-order valence-electron chi connectivity index (χ4n) is 1.90. The largest absolute Gasteiger partial charge is 0.549 e. The number of carbonyl (C=O) groups excluding carboxylic acids is 2. The lowest BCUT2D eigenvalue weighted by atomic mass is 9.99. The topological polar surface area (TPSA) is 94.0 Å². The van der Waals surface area contributed by atoms with Crippen molar-refractivity contribution in [2.75, 3.05) is 0 Å². The molecule has 1 saturated carbocycles. The van der Waals surface area contributed by atoms with Gasteiger partial charge in [-0.3, -0.25) is 4.79 Å². The molecule has 0 aromatic heterocycles. The molecule has 1 aliphatic heterocycles. The minimum atomic E-state index is -1.24. The van der Waals surface area contributed by atoms with E-state index < -0.39 is 11.2 Å². The van der Waals surface area contributed by atoms with E-state index in [0.717, 1.165) is 43.2 Å². The Morgan fingerprint density at radius 2 is 2.00 bits per heavy atom. The second-order valence-electron chi connectivity index (χ2n) is 4.31. The van der Waals surface area contributed by atoms with E-state index in [0.29, 0.717) is 0 Å². The van der Waals surface area contributed by atoms with Crippen molar-refractivity contribution in [3.63, 3.8) is 0 Å². The summed E-state index contributed by atoms with van der Waals surface area (Å²) in [5.41, 5.74) is 1.01. The summed E-state index contributed by atoms with van der Waals surface area (Å²) >= 11 is 0.981. The maximum Gasteiger partial charge on any atom is 0.227 e. The van der Waals surface area contributed by atoms with Crippen LogP contribution in [0, 0.1) is 0 Å². The van der Waals surface area contributed by atoms with Gasteiger partial charge in [0.15, 0.2) is 5.17 Å². The van der Waals surface area contributed by atoms with E-state index >= 15 is 0 Å². The third-order valence-corrected chi connectivity index (χ3v) is 3.90. The minimum Gasteiger partial charge on any atom is -0.549 e. The Morgan fingerprint density at radius 3 is 2.67 bits per heavy atom. The van der Waals surface area contributed by atoms with Gasteiger partial charge in [0.2, 0.25) is 5.91 Å². The van der Waals surface area contributed by atoms with Crippen molar-refractivity contribution in [3.05, 3.63) is 0 Å². The van der Waals surface area contributed by atoms with Gasteiger partial charge in [0.1, 0.15) is 0 Å². The van der Waals surface area contributed by atoms with E-state index in [1.165, 1.54) is 6.42 Å². The number of rotatable bonds is 2. The third kappa shape index (κ3) is 3.56. The van der Waals surface area contributed by atoms with Gasteiger partial charge in [-0.15, -0.1) is 5.10 Å². The van der Waals surface area contributed by atoms with Crippen molar-refractivity contribution >= 4 is 34.5 Å². The number of nitrogens with zero attached hydrogens (tertiary/aromatic N) is 2. The van der Waals surface area contributed by atoms with E-state index in [-0.39, 0.29) is 17.5 Å². The number of nitrogens with one attached hydrogen (secondary N) is 1. The average Bonchev–Trinajstić information content (AvgIpc) is 2.37. The van der Waals surface area contributed by atoms with Crippen molar-refractivity contribution in [2.45, 2.75) is 43.8 Å². The van der Waals surface area contributed by atoms with Crippen LogP contribution in [0.2, 0.25) is 0 Å². The Labute approximate surface area is 109 Å². The molecule has 98 valence electrons. The van der Waals surface area contributed by atoms with Crippen LogP contribution in [0.5, 0.6) is 0 Å². The highest BCUT2D eigenvalue weighted by atomic mass is 32.2. The molecule has 1 amide bonds. The first kappa shape index (κ1) is 13.1. The van der Waals surface area contributed by atoms with Crippen LogP contribution in [-0.2, 0) is 9.59 Å². The molecule has 1 saturated heterocycles. The maximum absolute atomic E-state index is 11.3. The predicted molar refractivity (Wildman–Crippen MR) is 67.1 cm³/mol. The van der Waals surface area contributed by atoms with Gasteiger partial charge in [-0.05, 0) is 25.7 Å². The van der Waals surface area contributed by atoms with Gasteiger partial charge in [0.05, 0.1) is 11.2 Å². The molecule has 2 fully saturated rings. The first-order valence-electron chi connectivity index (χ1n) is 5.96. The first-order valence-corrected chi connectivity index (χ1v) is 6.84. The Kier molecular flexibility index (Phi) is 4.35. The number of hydrogen-bond donors (Lipinski definition) is 1. The van der Waals surface area contributed by atoms with Crippen LogP contribution in [0.15, 0.2) is 10.2 Å². The van der Waals surface area contributed by atoms with E-state index in [4.69, 9.17) is 0 Å². The fourth-order valence-corrected chi connectivity index (χ4v) is 2.76. The molecule has 1 aliphatic carbocycles. The van der Waals surface area contributed by atoms with Crippen molar-refractivity contribution in [1.82, 2.24) is 5.32 Å². The van der Waals surface area contributed by atoms with Gasteiger partial charge in [-0.1, -0.05) is 18.2 Å². The minimum absolute atomic E-state index is 0.0808. The highest BCUT2D eigenvalue weighted by molar-refractivity contribution is 8.15. The number of amides is 1. The molecule has 2 aliphatic rings. The summed E-state index contributed by atoms with van der Waals surface area (Å²) in [6.45, 7) is 0. The molecule has 18 heavy (non-hydrogen) atoms. The van der Waals surface area contributed by atoms with E-state index in [9.17, 15) is 14.7 Å². The summed E-state index contributed by atoms with van der Waals surface area (Å²) < 4.78 is 0. The van der Waals surface area contributed by atoms with Crippen LogP contribution in [0.4, 0.5) is 0 Å². The monoisotopic (exact) mass is 268 g/mol. The van der Waals surface area contributed by atoms with Crippen LogP contribution in [-0.4, -0.2) is 28.0 Å². The average molecular weight is 268 g/mol. The Morgan fingerprint density at radius 1 is 1.28 bits per heavy atom. The summed E-state index contributed by atoms with van der Waals surface area (Å²) in [5, 5.41) is 20.7. The van der Waals surface area contributed by atoms with Crippen LogP contribution in [0.25, 0.3) is 0 Å². The molecule has 0 aromatic rings. The molecular formula is C11H14N3O3S-.